The first-order chi connectivity index (χ1) is 14.1. The van der Waals surface area contributed by atoms with E-state index >= 15 is 0 Å². The molecule has 0 unspecified atom stereocenters. The van der Waals surface area contributed by atoms with Crippen molar-refractivity contribution < 1.29 is 9.84 Å². The zero-order chi connectivity index (χ0) is 20.0. The van der Waals surface area contributed by atoms with Gasteiger partial charge in [-0.25, -0.2) is 9.98 Å². The molecule has 2 aromatic carbocycles. The Morgan fingerprint density at radius 3 is 2.79 bits per heavy atom. The first-order valence-electron chi connectivity index (χ1n) is 9.60. The van der Waals surface area contributed by atoms with Gasteiger partial charge in [0, 0.05) is 30.4 Å². The highest BCUT2D eigenvalue weighted by Gasteiger charge is 2.30. The number of guanidine groups is 1. The van der Waals surface area contributed by atoms with Crippen molar-refractivity contribution in [2.24, 2.45) is 4.99 Å². The molecule has 0 saturated carbocycles. The first-order valence-corrected chi connectivity index (χ1v) is 9.60. The number of benzene rings is 2. The molecule has 2 aliphatic heterocycles. The molecule has 1 atom stereocenters. The number of aryl methyl sites for hydroxylation is 1. The van der Waals surface area contributed by atoms with Gasteiger partial charge in [-0.15, -0.1) is 0 Å². The molecule has 1 saturated heterocycles. The lowest BCUT2D eigenvalue weighted by Gasteiger charge is -2.35. The third kappa shape index (κ3) is 3.01. The molecule has 29 heavy (non-hydrogen) atoms. The monoisotopic (exact) mass is 391 g/mol. The van der Waals surface area contributed by atoms with E-state index in [1.807, 2.05) is 30.3 Å². The van der Waals surface area contributed by atoms with Crippen LogP contribution in [0.5, 0.6) is 5.75 Å². The van der Waals surface area contributed by atoms with Crippen LogP contribution in [0.4, 0.5) is 5.95 Å². The maximum absolute atomic E-state index is 12.9. The quantitative estimate of drug-likeness (QED) is 0.660. The van der Waals surface area contributed by atoms with Gasteiger partial charge in [0.2, 0.25) is 11.9 Å². The standard InChI is InChI=1S/C21H21N5O3/c1-13-12-17(28)26-19(18-15-5-3-2-4-14(15)6-7-16(18)27)23-20(24-21(26)22-13)25-8-10-29-11-9-25/h2-7,12,19,27H,8-11H2,1H3,(H,22,23,24)/t19-/m0/s1. The fourth-order valence-electron chi connectivity index (χ4n) is 3.92. The van der Waals surface area contributed by atoms with E-state index < -0.39 is 6.17 Å². The molecular formula is C21H21N5O3. The molecule has 8 heteroatoms. The molecule has 0 spiro atoms. The number of aromatic nitrogens is 2. The topological polar surface area (TPSA) is 92.0 Å². The van der Waals surface area contributed by atoms with Gasteiger partial charge in [-0.2, -0.15) is 0 Å². The number of nitrogens with zero attached hydrogens (tertiary/aromatic N) is 4. The molecular weight excluding hydrogens is 370 g/mol. The minimum absolute atomic E-state index is 0.0964. The zero-order valence-corrected chi connectivity index (χ0v) is 16.0. The van der Waals surface area contributed by atoms with E-state index in [-0.39, 0.29) is 11.3 Å². The average molecular weight is 391 g/mol. The van der Waals surface area contributed by atoms with E-state index in [0.717, 1.165) is 10.8 Å². The number of nitrogens with one attached hydrogen (secondary N) is 1. The summed E-state index contributed by atoms with van der Waals surface area (Å²) in [6.07, 6.45) is -0.726. The summed E-state index contributed by atoms with van der Waals surface area (Å²) in [5.74, 6) is 1.14. The smallest absolute Gasteiger partial charge is 0.257 e. The Morgan fingerprint density at radius 2 is 1.97 bits per heavy atom. The van der Waals surface area contributed by atoms with Crippen molar-refractivity contribution in [2.75, 3.05) is 31.6 Å². The minimum atomic E-state index is -0.726. The van der Waals surface area contributed by atoms with Gasteiger partial charge in [-0.1, -0.05) is 30.3 Å². The summed E-state index contributed by atoms with van der Waals surface area (Å²) in [4.78, 5) is 24.4. The lowest BCUT2D eigenvalue weighted by atomic mass is 10.0. The molecule has 0 radical (unpaired) electrons. The van der Waals surface area contributed by atoms with Crippen molar-refractivity contribution >= 4 is 22.7 Å². The van der Waals surface area contributed by atoms with E-state index in [0.29, 0.717) is 49.5 Å². The second-order valence-corrected chi connectivity index (χ2v) is 7.20. The van der Waals surface area contributed by atoms with Crippen LogP contribution in [0, 0.1) is 6.92 Å². The molecule has 1 aromatic heterocycles. The zero-order valence-electron chi connectivity index (χ0n) is 16.0. The number of ether oxygens (including phenoxy) is 1. The van der Waals surface area contributed by atoms with E-state index in [2.05, 4.69) is 15.2 Å². The lowest BCUT2D eigenvalue weighted by molar-refractivity contribution is 0.0675. The van der Waals surface area contributed by atoms with Crippen LogP contribution in [-0.4, -0.2) is 51.8 Å². The third-order valence-corrected chi connectivity index (χ3v) is 5.31. The van der Waals surface area contributed by atoms with Crippen molar-refractivity contribution in [2.45, 2.75) is 13.1 Å². The molecule has 1 fully saturated rings. The second kappa shape index (κ2) is 6.89. The van der Waals surface area contributed by atoms with Crippen molar-refractivity contribution in [3.63, 3.8) is 0 Å². The molecule has 5 rings (SSSR count). The average Bonchev–Trinajstić information content (AvgIpc) is 2.73. The van der Waals surface area contributed by atoms with Gasteiger partial charge in [0.15, 0.2) is 6.17 Å². The van der Waals surface area contributed by atoms with Gasteiger partial charge in [0.05, 0.1) is 13.2 Å². The number of aromatic hydroxyl groups is 1. The van der Waals surface area contributed by atoms with Crippen LogP contribution in [0.2, 0.25) is 0 Å². The highest BCUT2D eigenvalue weighted by molar-refractivity contribution is 5.95. The van der Waals surface area contributed by atoms with Crippen LogP contribution in [0.25, 0.3) is 10.8 Å². The molecule has 2 aliphatic rings. The molecule has 3 aromatic rings. The largest absolute Gasteiger partial charge is 0.507 e. The van der Waals surface area contributed by atoms with Gasteiger partial charge in [-0.05, 0) is 23.8 Å². The van der Waals surface area contributed by atoms with Crippen molar-refractivity contribution in [1.29, 1.82) is 0 Å². The molecule has 3 heterocycles. The normalized spacial score (nSPS) is 18.9. The predicted molar refractivity (Wildman–Crippen MR) is 110 cm³/mol. The molecule has 0 bridgehead atoms. The van der Waals surface area contributed by atoms with Gasteiger partial charge >= 0.3 is 0 Å². The Labute approximate surface area is 167 Å². The highest BCUT2D eigenvalue weighted by Crippen LogP contribution is 2.37. The number of fused-ring (bicyclic) bond motifs is 2. The van der Waals surface area contributed by atoms with Crippen LogP contribution < -0.4 is 10.9 Å². The highest BCUT2D eigenvalue weighted by atomic mass is 16.5. The van der Waals surface area contributed by atoms with Crippen LogP contribution >= 0.6 is 0 Å². The number of phenolic OH excluding ortho intramolecular Hbond substituents is 1. The Bertz CT molecular complexity index is 1180. The number of hydrogen-bond donors (Lipinski definition) is 2. The second-order valence-electron chi connectivity index (χ2n) is 7.20. The summed E-state index contributed by atoms with van der Waals surface area (Å²) < 4.78 is 6.95. The number of rotatable bonds is 1. The number of anilines is 1. The minimum Gasteiger partial charge on any atom is -0.507 e. The lowest BCUT2D eigenvalue weighted by Crippen LogP contribution is -2.47. The molecule has 8 nitrogen and oxygen atoms in total. The van der Waals surface area contributed by atoms with Crippen molar-refractivity contribution in [3.8, 4) is 5.75 Å². The van der Waals surface area contributed by atoms with Crippen LogP contribution in [0.3, 0.4) is 0 Å². The fourth-order valence-corrected chi connectivity index (χ4v) is 3.92. The molecule has 148 valence electrons. The Hall–Kier alpha value is -3.39. The van der Waals surface area contributed by atoms with Gasteiger partial charge in [0.25, 0.3) is 5.56 Å². The van der Waals surface area contributed by atoms with Crippen LogP contribution in [-0.2, 0) is 4.74 Å². The number of aliphatic imine (C=N–C) groups is 1. The van der Waals surface area contributed by atoms with E-state index in [1.165, 1.54) is 10.6 Å². The number of hydrogen-bond acceptors (Lipinski definition) is 7. The summed E-state index contributed by atoms with van der Waals surface area (Å²) in [7, 11) is 0. The summed E-state index contributed by atoms with van der Waals surface area (Å²) in [6, 6.07) is 12.8. The van der Waals surface area contributed by atoms with Gasteiger partial charge < -0.3 is 14.7 Å². The maximum Gasteiger partial charge on any atom is 0.257 e. The number of phenols is 1. The van der Waals surface area contributed by atoms with Crippen LogP contribution in [0.15, 0.2) is 52.3 Å². The summed E-state index contributed by atoms with van der Waals surface area (Å²) in [6.45, 7) is 4.39. The van der Waals surface area contributed by atoms with E-state index in [4.69, 9.17) is 9.73 Å². The molecule has 2 N–H and O–H groups in total. The Morgan fingerprint density at radius 1 is 1.17 bits per heavy atom. The van der Waals surface area contributed by atoms with Gasteiger partial charge in [-0.3, -0.25) is 14.7 Å². The summed E-state index contributed by atoms with van der Waals surface area (Å²) in [5, 5.41) is 15.8. The van der Waals surface area contributed by atoms with Crippen LogP contribution in [0.1, 0.15) is 17.4 Å². The summed E-state index contributed by atoms with van der Waals surface area (Å²) >= 11 is 0. The summed E-state index contributed by atoms with van der Waals surface area (Å²) in [5.41, 5.74) is 0.990. The van der Waals surface area contributed by atoms with Crippen molar-refractivity contribution in [3.05, 3.63) is 64.1 Å². The number of morpholine rings is 1. The Kier molecular flexibility index (Phi) is 4.21. The molecule has 0 aliphatic carbocycles. The maximum atomic E-state index is 12.9. The van der Waals surface area contributed by atoms with Crippen molar-refractivity contribution in [1.82, 2.24) is 14.5 Å². The predicted octanol–water partition coefficient (Wildman–Crippen LogP) is 2.07. The third-order valence-electron chi connectivity index (χ3n) is 5.31. The Balaban J connectivity index is 1.75. The first kappa shape index (κ1) is 17.7. The molecule has 0 amide bonds. The fraction of sp³-hybridized carbons (Fsp3) is 0.286. The SMILES string of the molecule is Cc1cc(=O)n2c(n1)NC(N1CCOCC1)=N[C@@H]2c1c(O)ccc2ccccc12. The van der Waals surface area contributed by atoms with E-state index in [9.17, 15) is 9.90 Å². The van der Waals surface area contributed by atoms with Gasteiger partial charge in [0.1, 0.15) is 5.75 Å². The van der Waals surface area contributed by atoms with E-state index in [1.54, 1.807) is 13.0 Å².